The van der Waals surface area contributed by atoms with E-state index in [1.165, 1.54) is 0 Å². The highest BCUT2D eigenvalue weighted by molar-refractivity contribution is 9.10. The third-order valence-electron chi connectivity index (χ3n) is 2.99. The van der Waals surface area contributed by atoms with Crippen LogP contribution in [0.4, 0.5) is 4.79 Å². The predicted octanol–water partition coefficient (Wildman–Crippen LogP) is 2.77. The highest BCUT2D eigenvalue weighted by atomic mass is 79.9. The standard InChI is InChI=1S/C16H15BrN2O4/c17-14-8-4-7-12(18-14)9-13(15(20)21)19-16(22)23-10-11-5-2-1-3-6-11/h1-8,13H,9-10H2,(H,19,22)(H,20,21). The number of carboxylic acid groups (broad SMARTS) is 1. The number of carbonyl (C=O) groups excluding carboxylic acids is 1. The van der Waals surface area contributed by atoms with Gasteiger partial charge < -0.3 is 15.2 Å². The van der Waals surface area contributed by atoms with Crippen LogP contribution in [0.2, 0.25) is 0 Å². The maximum absolute atomic E-state index is 11.8. The molecule has 7 heteroatoms. The molecule has 0 fully saturated rings. The third-order valence-corrected chi connectivity index (χ3v) is 3.43. The van der Waals surface area contributed by atoms with E-state index in [1.807, 2.05) is 30.3 Å². The van der Waals surface area contributed by atoms with Crippen molar-refractivity contribution in [2.45, 2.75) is 19.1 Å². The van der Waals surface area contributed by atoms with Crippen LogP contribution in [-0.4, -0.2) is 28.2 Å². The Labute approximate surface area is 141 Å². The second-order valence-electron chi connectivity index (χ2n) is 4.75. The van der Waals surface area contributed by atoms with Crippen LogP contribution in [0.3, 0.4) is 0 Å². The summed E-state index contributed by atoms with van der Waals surface area (Å²) in [6.07, 6.45) is -0.717. The number of alkyl carbamates (subject to hydrolysis) is 1. The smallest absolute Gasteiger partial charge is 0.408 e. The van der Waals surface area contributed by atoms with Gasteiger partial charge in [-0.3, -0.25) is 0 Å². The minimum absolute atomic E-state index is 0.0647. The van der Waals surface area contributed by atoms with Gasteiger partial charge in [0.2, 0.25) is 0 Å². The molecule has 2 rings (SSSR count). The number of aliphatic carboxylic acids is 1. The molecule has 1 heterocycles. The Morgan fingerprint density at radius 3 is 2.57 bits per heavy atom. The van der Waals surface area contributed by atoms with Gasteiger partial charge in [0.05, 0.1) is 0 Å². The molecule has 0 saturated carbocycles. The molecule has 0 radical (unpaired) electrons. The third kappa shape index (κ3) is 5.71. The van der Waals surface area contributed by atoms with Crippen LogP contribution in [0.15, 0.2) is 53.1 Å². The molecule has 1 aromatic heterocycles. The van der Waals surface area contributed by atoms with Crippen molar-refractivity contribution in [2.75, 3.05) is 0 Å². The number of benzene rings is 1. The number of nitrogens with zero attached hydrogens (tertiary/aromatic N) is 1. The molecular weight excluding hydrogens is 364 g/mol. The van der Waals surface area contributed by atoms with Crippen molar-refractivity contribution in [1.82, 2.24) is 10.3 Å². The van der Waals surface area contributed by atoms with Crippen LogP contribution in [0, 0.1) is 0 Å². The lowest BCUT2D eigenvalue weighted by Crippen LogP contribution is -2.42. The summed E-state index contributed by atoms with van der Waals surface area (Å²) in [5.41, 5.74) is 1.37. The highest BCUT2D eigenvalue weighted by Gasteiger charge is 2.21. The number of halogens is 1. The number of rotatable bonds is 6. The number of amides is 1. The van der Waals surface area contributed by atoms with Gasteiger partial charge in [0.15, 0.2) is 0 Å². The number of ether oxygens (including phenoxy) is 1. The lowest BCUT2D eigenvalue weighted by Gasteiger charge is -2.14. The van der Waals surface area contributed by atoms with Crippen LogP contribution >= 0.6 is 15.9 Å². The first kappa shape index (κ1) is 17.0. The molecule has 6 nitrogen and oxygen atoms in total. The van der Waals surface area contributed by atoms with Crippen molar-refractivity contribution in [1.29, 1.82) is 0 Å². The van der Waals surface area contributed by atoms with Crippen molar-refractivity contribution in [3.63, 3.8) is 0 Å². The van der Waals surface area contributed by atoms with E-state index in [9.17, 15) is 14.7 Å². The fourth-order valence-corrected chi connectivity index (χ4v) is 2.26. The van der Waals surface area contributed by atoms with E-state index < -0.39 is 18.1 Å². The fraction of sp³-hybridized carbons (Fsp3) is 0.188. The molecule has 2 aromatic rings. The molecule has 1 aromatic carbocycles. The van der Waals surface area contributed by atoms with Crippen molar-refractivity contribution in [3.05, 3.63) is 64.4 Å². The molecule has 1 atom stereocenters. The molecule has 0 aliphatic carbocycles. The minimum Gasteiger partial charge on any atom is -0.480 e. The summed E-state index contributed by atoms with van der Waals surface area (Å²) in [7, 11) is 0. The molecule has 0 aliphatic rings. The Kier molecular flexibility index (Phi) is 6.10. The summed E-state index contributed by atoms with van der Waals surface area (Å²) in [4.78, 5) is 27.2. The zero-order chi connectivity index (χ0) is 16.7. The number of carboxylic acids is 1. The molecule has 120 valence electrons. The summed E-state index contributed by atoms with van der Waals surface area (Å²) >= 11 is 3.22. The van der Waals surface area contributed by atoms with Crippen LogP contribution in [0.5, 0.6) is 0 Å². The summed E-state index contributed by atoms with van der Waals surface area (Å²) in [6.45, 7) is 0.0775. The Hall–Kier alpha value is -2.41. The van der Waals surface area contributed by atoms with Gasteiger partial charge in [0, 0.05) is 12.1 Å². The van der Waals surface area contributed by atoms with Gasteiger partial charge in [0.1, 0.15) is 17.3 Å². The summed E-state index contributed by atoms with van der Waals surface area (Å²) in [6, 6.07) is 13.2. The SMILES string of the molecule is O=C(NC(Cc1cccc(Br)n1)C(=O)O)OCc1ccccc1. The Balaban J connectivity index is 1.91. The van der Waals surface area contributed by atoms with Gasteiger partial charge in [-0.25, -0.2) is 14.6 Å². The second-order valence-corrected chi connectivity index (χ2v) is 5.57. The number of pyridine rings is 1. The summed E-state index contributed by atoms with van der Waals surface area (Å²) < 4.78 is 5.63. The number of hydrogen-bond donors (Lipinski definition) is 2. The molecule has 0 aliphatic heterocycles. The number of hydrogen-bond acceptors (Lipinski definition) is 4. The molecule has 0 bridgehead atoms. The predicted molar refractivity (Wildman–Crippen MR) is 86.8 cm³/mol. The lowest BCUT2D eigenvalue weighted by molar-refractivity contribution is -0.139. The van der Waals surface area contributed by atoms with E-state index in [2.05, 4.69) is 26.2 Å². The van der Waals surface area contributed by atoms with Gasteiger partial charge in [-0.1, -0.05) is 36.4 Å². The summed E-state index contributed by atoms with van der Waals surface area (Å²) in [5, 5.41) is 11.6. The van der Waals surface area contributed by atoms with Gasteiger partial charge in [-0.05, 0) is 33.6 Å². The molecule has 1 unspecified atom stereocenters. The summed E-state index contributed by atoms with van der Waals surface area (Å²) in [5.74, 6) is -1.15. The van der Waals surface area contributed by atoms with Crippen molar-refractivity contribution in [3.8, 4) is 0 Å². The number of aromatic nitrogens is 1. The minimum atomic E-state index is -1.15. The molecule has 1 amide bonds. The zero-order valence-corrected chi connectivity index (χ0v) is 13.7. The fourth-order valence-electron chi connectivity index (χ4n) is 1.88. The van der Waals surface area contributed by atoms with Crippen molar-refractivity contribution in [2.24, 2.45) is 0 Å². The van der Waals surface area contributed by atoms with Crippen molar-refractivity contribution >= 4 is 28.0 Å². The normalized spacial score (nSPS) is 11.5. The van der Waals surface area contributed by atoms with Gasteiger partial charge in [0.25, 0.3) is 0 Å². The number of carbonyl (C=O) groups is 2. The largest absolute Gasteiger partial charge is 0.480 e. The molecular formula is C16H15BrN2O4. The highest BCUT2D eigenvalue weighted by Crippen LogP contribution is 2.08. The quantitative estimate of drug-likeness (QED) is 0.754. The van der Waals surface area contributed by atoms with E-state index in [0.29, 0.717) is 10.3 Å². The first-order chi connectivity index (χ1) is 11.0. The average molecular weight is 379 g/mol. The van der Waals surface area contributed by atoms with E-state index in [4.69, 9.17) is 4.74 Å². The Morgan fingerprint density at radius 2 is 1.91 bits per heavy atom. The second kappa shape index (κ2) is 8.28. The van der Waals surface area contributed by atoms with Crippen LogP contribution in [-0.2, 0) is 22.6 Å². The topological polar surface area (TPSA) is 88.5 Å². The zero-order valence-electron chi connectivity index (χ0n) is 12.1. The maximum Gasteiger partial charge on any atom is 0.408 e. The first-order valence-electron chi connectivity index (χ1n) is 6.86. The maximum atomic E-state index is 11.8. The monoisotopic (exact) mass is 378 g/mol. The van der Waals surface area contributed by atoms with E-state index in [0.717, 1.165) is 5.56 Å². The van der Waals surface area contributed by atoms with Crippen LogP contribution < -0.4 is 5.32 Å². The Bertz CT molecular complexity index is 679. The Morgan fingerprint density at radius 1 is 1.17 bits per heavy atom. The van der Waals surface area contributed by atoms with Gasteiger partial charge in [-0.2, -0.15) is 0 Å². The molecule has 2 N–H and O–H groups in total. The average Bonchev–Trinajstić information content (AvgIpc) is 2.53. The number of nitrogens with one attached hydrogen (secondary N) is 1. The molecule has 0 saturated heterocycles. The van der Waals surface area contributed by atoms with E-state index in [-0.39, 0.29) is 13.0 Å². The van der Waals surface area contributed by atoms with Gasteiger partial charge in [-0.15, -0.1) is 0 Å². The molecule has 23 heavy (non-hydrogen) atoms. The van der Waals surface area contributed by atoms with Gasteiger partial charge >= 0.3 is 12.1 Å². The van der Waals surface area contributed by atoms with Crippen LogP contribution in [0.1, 0.15) is 11.3 Å². The van der Waals surface area contributed by atoms with Crippen LogP contribution in [0.25, 0.3) is 0 Å². The van der Waals surface area contributed by atoms with E-state index >= 15 is 0 Å². The van der Waals surface area contributed by atoms with Crippen molar-refractivity contribution < 1.29 is 19.4 Å². The molecule has 0 spiro atoms. The first-order valence-corrected chi connectivity index (χ1v) is 7.65. The van der Waals surface area contributed by atoms with E-state index in [1.54, 1.807) is 18.2 Å². The lowest BCUT2D eigenvalue weighted by atomic mass is 10.1.